The summed E-state index contributed by atoms with van der Waals surface area (Å²) >= 11 is 0. The lowest BCUT2D eigenvalue weighted by atomic mass is 9.91. The van der Waals surface area contributed by atoms with Crippen LogP contribution in [0.25, 0.3) is 0 Å². The van der Waals surface area contributed by atoms with E-state index in [2.05, 4.69) is 0 Å². The van der Waals surface area contributed by atoms with Crippen molar-refractivity contribution in [3.05, 3.63) is 35.4 Å². The minimum atomic E-state index is -1.45. The van der Waals surface area contributed by atoms with Gasteiger partial charge < -0.3 is 14.9 Å². The van der Waals surface area contributed by atoms with Gasteiger partial charge in [-0.1, -0.05) is 24.3 Å². The zero-order valence-corrected chi connectivity index (χ0v) is 8.80. The molecule has 0 aromatic heterocycles. The van der Waals surface area contributed by atoms with Gasteiger partial charge in [0.05, 0.1) is 6.61 Å². The fourth-order valence-electron chi connectivity index (χ4n) is 2.04. The van der Waals surface area contributed by atoms with Gasteiger partial charge in [-0.3, -0.25) is 0 Å². The van der Waals surface area contributed by atoms with Crippen LogP contribution in [0.2, 0.25) is 0 Å². The summed E-state index contributed by atoms with van der Waals surface area (Å²) in [6, 6.07) is 7.11. The summed E-state index contributed by atoms with van der Waals surface area (Å²) in [7, 11) is 0. The molecule has 1 aliphatic rings. The summed E-state index contributed by atoms with van der Waals surface area (Å²) in [6.07, 6.45) is -0.569. The Morgan fingerprint density at radius 2 is 2.19 bits per heavy atom. The topological polar surface area (TPSA) is 66.8 Å². The first-order valence-corrected chi connectivity index (χ1v) is 5.27. The Balaban J connectivity index is 2.33. The fraction of sp³-hybridized carbons (Fsp3) is 0.417. The number of rotatable bonds is 3. The second kappa shape index (κ2) is 4.63. The van der Waals surface area contributed by atoms with Crippen molar-refractivity contribution in [2.24, 2.45) is 0 Å². The van der Waals surface area contributed by atoms with Crippen LogP contribution in [0.4, 0.5) is 0 Å². The number of carboxylic acid groups (broad SMARTS) is 1. The van der Waals surface area contributed by atoms with E-state index in [1.165, 1.54) is 0 Å². The standard InChI is InChI=1S/C12H14O4/c13-11(12(14)15)10-4-2-1-3-9(10)8-5-6-16-7-8/h1-4,8,11,13H,5-7H2,(H,14,15). The average Bonchev–Trinajstić information content (AvgIpc) is 2.81. The summed E-state index contributed by atoms with van der Waals surface area (Å²) in [5, 5.41) is 18.4. The molecule has 2 unspecified atom stereocenters. The highest BCUT2D eigenvalue weighted by atomic mass is 16.5. The van der Waals surface area contributed by atoms with Gasteiger partial charge in [-0.05, 0) is 17.5 Å². The highest BCUT2D eigenvalue weighted by Gasteiger charge is 2.25. The molecule has 0 saturated carbocycles. The quantitative estimate of drug-likeness (QED) is 0.809. The number of aliphatic hydroxyl groups is 1. The van der Waals surface area contributed by atoms with Crippen LogP contribution in [0, 0.1) is 0 Å². The third kappa shape index (κ3) is 2.08. The van der Waals surface area contributed by atoms with Gasteiger partial charge >= 0.3 is 5.97 Å². The van der Waals surface area contributed by atoms with Crippen molar-refractivity contribution < 1.29 is 19.7 Å². The predicted octanol–water partition coefficient (Wildman–Crippen LogP) is 1.31. The molecule has 0 amide bonds. The summed E-state index contributed by atoms with van der Waals surface area (Å²) in [5.41, 5.74) is 1.36. The number of carboxylic acids is 1. The number of aliphatic hydroxyl groups excluding tert-OH is 1. The van der Waals surface area contributed by atoms with Crippen LogP contribution in [-0.4, -0.2) is 29.4 Å². The number of hydrogen-bond acceptors (Lipinski definition) is 3. The average molecular weight is 222 g/mol. The lowest BCUT2D eigenvalue weighted by molar-refractivity contribution is -0.147. The first-order chi connectivity index (χ1) is 7.70. The minimum absolute atomic E-state index is 0.199. The van der Waals surface area contributed by atoms with Gasteiger partial charge in [0.2, 0.25) is 0 Å². The molecule has 1 aromatic carbocycles. The van der Waals surface area contributed by atoms with Crippen molar-refractivity contribution in [3.63, 3.8) is 0 Å². The third-order valence-electron chi connectivity index (χ3n) is 2.89. The molecule has 1 aliphatic heterocycles. The van der Waals surface area contributed by atoms with Crippen molar-refractivity contribution in [1.82, 2.24) is 0 Å². The number of aliphatic carboxylic acids is 1. The normalized spacial score (nSPS) is 21.9. The van der Waals surface area contributed by atoms with E-state index in [0.717, 1.165) is 12.0 Å². The summed E-state index contributed by atoms with van der Waals surface area (Å²) in [6.45, 7) is 1.30. The molecule has 0 aliphatic carbocycles. The molecule has 1 aromatic rings. The van der Waals surface area contributed by atoms with Gasteiger partial charge in [-0.15, -0.1) is 0 Å². The van der Waals surface area contributed by atoms with E-state index in [0.29, 0.717) is 18.8 Å². The molecule has 86 valence electrons. The van der Waals surface area contributed by atoms with Gasteiger partial charge in [0.15, 0.2) is 6.10 Å². The molecule has 0 bridgehead atoms. The maximum atomic E-state index is 10.8. The molecular formula is C12H14O4. The van der Waals surface area contributed by atoms with Gasteiger partial charge in [-0.25, -0.2) is 4.79 Å². The second-order valence-corrected chi connectivity index (χ2v) is 3.93. The van der Waals surface area contributed by atoms with Crippen LogP contribution < -0.4 is 0 Å². The Labute approximate surface area is 93.5 Å². The van der Waals surface area contributed by atoms with E-state index in [1.54, 1.807) is 12.1 Å². The number of ether oxygens (including phenoxy) is 1. The lowest BCUT2D eigenvalue weighted by Gasteiger charge is -2.16. The third-order valence-corrected chi connectivity index (χ3v) is 2.89. The Kier molecular flexibility index (Phi) is 3.22. The number of carbonyl (C=O) groups is 1. The molecule has 2 atom stereocenters. The van der Waals surface area contributed by atoms with Crippen molar-refractivity contribution >= 4 is 5.97 Å². The minimum Gasteiger partial charge on any atom is -0.479 e. The second-order valence-electron chi connectivity index (χ2n) is 3.93. The molecule has 1 heterocycles. The Morgan fingerprint density at radius 1 is 1.44 bits per heavy atom. The fourth-order valence-corrected chi connectivity index (χ4v) is 2.04. The number of benzene rings is 1. The first-order valence-electron chi connectivity index (χ1n) is 5.27. The molecule has 2 N–H and O–H groups in total. The van der Waals surface area contributed by atoms with Crippen LogP contribution in [0.3, 0.4) is 0 Å². The smallest absolute Gasteiger partial charge is 0.337 e. The van der Waals surface area contributed by atoms with Crippen LogP contribution in [-0.2, 0) is 9.53 Å². The van der Waals surface area contributed by atoms with Crippen LogP contribution in [0.15, 0.2) is 24.3 Å². The number of hydrogen-bond donors (Lipinski definition) is 2. The van der Waals surface area contributed by atoms with Gasteiger partial charge in [0, 0.05) is 12.5 Å². The van der Waals surface area contributed by atoms with E-state index in [9.17, 15) is 9.90 Å². The summed E-state index contributed by atoms with van der Waals surface area (Å²) in [5.74, 6) is -1.02. The molecule has 4 heteroatoms. The van der Waals surface area contributed by atoms with Crippen molar-refractivity contribution in [2.45, 2.75) is 18.4 Å². The van der Waals surface area contributed by atoms with Gasteiger partial charge in [0.1, 0.15) is 0 Å². The maximum absolute atomic E-state index is 10.8. The molecule has 2 rings (SSSR count). The van der Waals surface area contributed by atoms with Crippen molar-refractivity contribution in [2.75, 3.05) is 13.2 Å². The monoisotopic (exact) mass is 222 g/mol. The highest BCUT2D eigenvalue weighted by molar-refractivity contribution is 5.74. The molecule has 0 spiro atoms. The molecule has 1 fully saturated rings. The zero-order valence-electron chi connectivity index (χ0n) is 8.80. The van der Waals surface area contributed by atoms with E-state index >= 15 is 0 Å². The summed E-state index contributed by atoms with van der Waals surface area (Å²) in [4.78, 5) is 10.8. The van der Waals surface area contributed by atoms with E-state index in [4.69, 9.17) is 9.84 Å². The lowest BCUT2D eigenvalue weighted by Crippen LogP contribution is -2.14. The van der Waals surface area contributed by atoms with Crippen molar-refractivity contribution in [3.8, 4) is 0 Å². The van der Waals surface area contributed by atoms with Crippen LogP contribution in [0.1, 0.15) is 29.6 Å². The Bertz CT molecular complexity index is 382. The SMILES string of the molecule is O=C(O)C(O)c1ccccc1C1CCOC1. The van der Waals surface area contributed by atoms with Gasteiger partial charge in [-0.2, -0.15) is 0 Å². The van der Waals surface area contributed by atoms with Gasteiger partial charge in [0.25, 0.3) is 0 Å². The summed E-state index contributed by atoms with van der Waals surface area (Å²) < 4.78 is 5.28. The van der Waals surface area contributed by atoms with E-state index in [1.807, 2.05) is 12.1 Å². The van der Waals surface area contributed by atoms with E-state index < -0.39 is 12.1 Å². The van der Waals surface area contributed by atoms with Crippen LogP contribution in [0.5, 0.6) is 0 Å². The van der Waals surface area contributed by atoms with E-state index in [-0.39, 0.29) is 5.92 Å². The Morgan fingerprint density at radius 3 is 2.81 bits per heavy atom. The molecule has 4 nitrogen and oxygen atoms in total. The predicted molar refractivity (Wildman–Crippen MR) is 57.2 cm³/mol. The molecule has 0 radical (unpaired) electrons. The molecular weight excluding hydrogens is 208 g/mol. The largest absolute Gasteiger partial charge is 0.479 e. The zero-order chi connectivity index (χ0) is 11.5. The first kappa shape index (κ1) is 11.1. The maximum Gasteiger partial charge on any atom is 0.337 e. The Hall–Kier alpha value is -1.39. The molecule has 16 heavy (non-hydrogen) atoms. The molecule has 1 saturated heterocycles. The van der Waals surface area contributed by atoms with Crippen molar-refractivity contribution in [1.29, 1.82) is 0 Å². The highest BCUT2D eigenvalue weighted by Crippen LogP contribution is 2.30. The van der Waals surface area contributed by atoms with Crippen LogP contribution >= 0.6 is 0 Å².